The number of ether oxygens (including phenoxy) is 2. The maximum atomic E-state index is 13.2. The van der Waals surface area contributed by atoms with E-state index in [0.29, 0.717) is 41.8 Å². The zero-order valence-corrected chi connectivity index (χ0v) is 15.8. The van der Waals surface area contributed by atoms with Crippen molar-refractivity contribution in [3.63, 3.8) is 0 Å². The summed E-state index contributed by atoms with van der Waals surface area (Å²) < 4.78 is 30.0. The third-order valence-corrected chi connectivity index (χ3v) is 4.27. The van der Waals surface area contributed by atoms with Gasteiger partial charge in [0, 0.05) is 12.1 Å². The molecule has 0 amide bonds. The molecule has 0 atom stereocenters. The van der Waals surface area contributed by atoms with Crippen LogP contribution in [0.2, 0.25) is 5.02 Å². The van der Waals surface area contributed by atoms with Gasteiger partial charge in [0.05, 0.1) is 24.4 Å². The van der Waals surface area contributed by atoms with Crippen molar-refractivity contribution in [1.29, 1.82) is 0 Å². The molecule has 6 heteroatoms. The second-order valence-electron chi connectivity index (χ2n) is 5.92. The van der Waals surface area contributed by atoms with E-state index in [1.54, 1.807) is 12.3 Å². The predicted octanol–water partition coefficient (Wildman–Crippen LogP) is 5.34. The third-order valence-electron chi connectivity index (χ3n) is 3.91. The van der Waals surface area contributed by atoms with Crippen LogP contribution in [0.5, 0.6) is 11.5 Å². The van der Waals surface area contributed by atoms with Crippen molar-refractivity contribution in [2.24, 2.45) is 0 Å². The lowest BCUT2D eigenvalue weighted by Gasteiger charge is -2.14. The number of hydrogen-bond acceptors (Lipinski definition) is 4. The van der Waals surface area contributed by atoms with Crippen LogP contribution in [0.25, 0.3) is 0 Å². The van der Waals surface area contributed by atoms with Crippen molar-refractivity contribution in [3.8, 4) is 11.5 Å². The fourth-order valence-corrected chi connectivity index (χ4v) is 2.81. The SMILES string of the molecule is CCOc1cc(CNCc2ccco2)ccc1OCc1ccc(F)cc1Cl. The molecule has 0 radical (unpaired) electrons. The van der Waals surface area contributed by atoms with E-state index in [4.69, 9.17) is 25.5 Å². The van der Waals surface area contributed by atoms with Crippen LogP contribution in [0.1, 0.15) is 23.8 Å². The van der Waals surface area contributed by atoms with Gasteiger partial charge in [-0.2, -0.15) is 0 Å². The Labute approximate surface area is 162 Å². The molecule has 27 heavy (non-hydrogen) atoms. The fourth-order valence-electron chi connectivity index (χ4n) is 2.59. The average Bonchev–Trinajstić information content (AvgIpc) is 3.16. The molecule has 1 heterocycles. The highest BCUT2D eigenvalue weighted by Gasteiger charge is 2.09. The largest absolute Gasteiger partial charge is 0.490 e. The smallest absolute Gasteiger partial charge is 0.161 e. The molecule has 4 nitrogen and oxygen atoms in total. The fraction of sp³-hybridized carbons (Fsp3) is 0.238. The third kappa shape index (κ3) is 5.49. The molecule has 1 N–H and O–H groups in total. The Hall–Kier alpha value is -2.50. The molecule has 2 aromatic carbocycles. The van der Waals surface area contributed by atoms with Gasteiger partial charge in [-0.1, -0.05) is 23.7 Å². The number of halogens is 2. The van der Waals surface area contributed by atoms with E-state index >= 15 is 0 Å². The number of benzene rings is 2. The van der Waals surface area contributed by atoms with Gasteiger partial charge in [-0.3, -0.25) is 0 Å². The minimum Gasteiger partial charge on any atom is -0.490 e. The van der Waals surface area contributed by atoms with Gasteiger partial charge >= 0.3 is 0 Å². The van der Waals surface area contributed by atoms with Crippen LogP contribution in [0.4, 0.5) is 4.39 Å². The van der Waals surface area contributed by atoms with Gasteiger partial charge in [0.15, 0.2) is 11.5 Å². The minimum absolute atomic E-state index is 0.231. The van der Waals surface area contributed by atoms with E-state index in [2.05, 4.69) is 5.32 Å². The summed E-state index contributed by atoms with van der Waals surface area (Å²) in [7, 11) is 0. The van der Waals surface area contributed by atoms with Crippen LogP contribution in [0.3, 0.4) is 0 Å². The Bertz CT molecular complexity index is 868. The highest BCUT2D eigenvalue weighted by Crippen LogP contribution is 2.30. The second-order valence-corrected chi connectivity index (χ2v) is 6.33. The molecule has 0 fully saturated rings. The molecule has 142 valence electrons. The lowest BCUT2D eigenvalue weighted by Crippen LogP contribution is -2.12. The first kappa shape index (κ1) is 19.3. The molecule has 0 aliphatic heterocycles. The number of furan rings is 1. The van der Waals surface area contributed by atoms with E-state index < -0.39 is 0 Å². The predicted molar refractivity (Wildman–Crippen MR) is 103 cm³/mol. The molecule has 0 bridgehead atoms. The monoisotopic (exact) mass is 389 g/mol. The maximum Gasteiger partial charge on any atom is 0.161 e. The molecule has 3 rings (SSSR count). The Morgan fingerprint density at radius 2 is 1.93 bits per heavy atom. The van der Waals surface area contributed by atoms with Crippen molar-refractivity contribution < 1.29 is 18.3 Å². The standard InChI is InChI=1S/C21H21ClFNO3/c1-2-25-21-10-15(12-24-13-18-4-3-9-26-18)5-8-20(21)27-14-16-6-7-17(23)11-19(16)22/h3-11,24H,2,12-14H2,1H3. The van der Waals surface area contributed by atoms with Crippen molar-refractivity contribution in [3.05, 3.63) is 82.5 Å². The van der Waals surface area contributed by atoms with Gasteiger partial charge in [-0.05, 0) is 48.9 Å². The van der Waals surface area contributed by atoms with Gasteiger partial charge in [-0.25, -0.2) is 4.39 Å². The highest BCUT2D eigenvalue weighted by atomic mass is 35.5. The average molecular weight is 390 g/mol. The van der Waals surface area contributed by atoms with Crippen molar-refractivity contribution in [1.82, 2.24) is 5.32 Å². The van der Waals surface area contributed by atoms with Crippen LogP contribution in [0.15, 0.2) is 59.2 Å². The Balaban J connectivity index is 1.63. The van der Waals surface area contributed by atoms with Gasteiger partial charge in [0.1, 0.15) is 18.2 Å². The second kappa shape index (κ2) is 9.44. The molecule has 0 spiro atoms. The van der Waals surface area contributed by atoms with Gasteiger partial charge in [0.2, 0.25) is 0 Å². The molecule has 3 aromatic rings. The molecule has 0 unspecified atom stereocenters. The summed E-state index contributed by atoms with van der Waals surface area (Å²) in [5, 5.41) is 3.66. The molecule has 0 aliphatic rings. The zero-order chi connectivity index (χ0) is 19.1. The summed E-state index contributed by atoms with van der Waals surface area (Å²) in [5.41, 5.74) is 1.78. The van der Waals surface area contributed by atoms with Gasteiger partial charge in [-0.15, -0.1) is 0 Å². The van der Waals surface area contributed by atoms with Crippen LogP contribution < -0.4 is 14.8 Å². The first-order chi connectivity index (χ1) is 13.2. The highest BCUT2D eigenvalue weighted by molar-refractivity contribution is 6.31. The van der Waals surface area contributed by atoms with Crippen molar-refractivity contribution in [2.45, 2.75) is 26.6 Å². The zero-order valence-electron chi connectivity index (χ0n) is 15.0. The summed E-state index contributed by atoms with van der Waals surface area (Å²) in [6.45, 7) is 4.00. The van der Waals surface area contributed by atoms with E-state index in [1.807, 2.05) is 37.3 Å². The molecule has 0 saturated carbocycles. The van der Waals surface area contributed by atoms with E-state index in [0.717, 1.165) is 11.3 Å². The van der Waals surface area contributed by atoms with E-state index in [1.165, 1.54) is 12.1 Å². The summed E-state index contributed by atoms with van der Waals surface area (Å²) in [6.07, 6.45) is 1.66. The Morgan fingerprint density at radius 1 is 1.04 bits per heavy atom. The Morgan fingerprint density at radius 3 is 2.67 bits per heavy atom. The summed E-state index contributed by atoms with van der Waals surface area (Å²) in [5.74, 6) is 1.79. The lowest BCUT2D eigenvalue weighted by atomic mass is 10.2. The topological polar surface area (TPSA) is 43.6 Å². The molecular weight excluding hydrogens is 369 g/mol. The van der Waals surface area contributed by atoms with E-state index in [9.17, 15) is 4.39 Å². The number of rotatable bonds is 9. The quantitative estimate of drug-likeness (QED) is 0.536. The first-order valence-electron chi connectivity index (χ1n) is 8.71. The molecule has 0 aliphatic carbocycles. The van der Waals surface area contributed by atoms with Crippen molar-refractivity contribution >= 4 is 11.6 Å². The van der Waals surface area contributed by atoms with Crippen molar-refractivity contribution in [2.75, 3.05) is 6.61 Å². The normalized spacial score (nSPS) is 10.8. The summed E-state index contributed by atoms with van der Waals surface area (Å²) in [4.78, 5) is 0. The number of nitrogens with one attached hydrogen (secondary N) is 1. The lowest BCUT2D eigenvalue weighted by molar-refractivity contribution is 0.269. The molecule has 1 aromatic heterocycles. The molecular formula is C21H21ClFNO3. The Kier molecular flexibility index (Phi) is 6.74. The van der Waals surface area contributed by atoms with Crippen LogP contribution in [0, 0.1) is 5.82 Å². The summed E-state index contributed by atoms with van der Waals surface area (Å²) >= 11 is 6.05. The number of hydrogen-bond donors (Lipinski definition) is 1. The maximum absolute atomic E-state index is 13.2. The summed E-state index contributed by atoms with van der Waals surface area (Å²) in [6, 6.07) is 13.8. The first-order valence-corrected chi connectivity index (χ1v) is 9.09. The van der Waals surface area contributed by atoms with Gasteiger partial charge < -0.3 is 19.2 Å². The molecule has 0 saturated heterocycles. The van der Waals surface area contributed by atoms with E-state index in [-0.39, 0.29) is 12.4 Å². The van der Waals surface area contributed by atoms with Crippen LogP contribution >= 0.6 is 11.6 Å². The van der Waals surface area contributed by atoms with Crippen LogP contribution in [-0.4, -0.2) is 6.61 Å². The van der Waals surface area contributed by atoms with Crippen LogP contribution in [-0.2, 0) is 19.7 Å². The minimum atomic E-state index is -0.370. The van der Waals surface area contributed by atoms with Gasteiger partial charge in [0.25, 0.3) is 0 Å².